The molecule has 0 aromatic heterocycles. The minimum atomic E-state index is -1.18. The standard InChI is InChI=1S/C23H42O4/c1-17(2)14-23(18-12-10-9-11-13-18,19(24)26-15-21(3,4)5)20(25)27-16-22(6,7)8/h17-18H,9-16H2,1-8H3. The Hall–Kier alpha value is -1.06. The molecule has 0 spiro atoms. The lowest BCUT2D eigenvalue weighted by Gasteiger charge is -2.40. The molecule has 0 unspecified atom stereocenters. The molecule has 0 aliphatic heterocycles. The van der Waals surface area contributed by atoms with Crippen LogP contribution in [0.2, 0.25) is 0 Å². The van der Waals surface area contributed by atoms with Crippen LogP contribution in [0.4, 0.5) is 0 Å². The summed E-state index contributed by atoms with van der Waals surface area (Å²) in [5, 5.41) is 0. The summed E-state index contributed by atoms with van der Waals surface area (Å²) in [4.78, 5) is 26.8. The van der Waals surface area contributed by atoms with Gasteiger partial charge in [0, 0.05) is 0 Å². The molecule has 4 heteroatoms. The molecule has 27 heavy (non-hydrogen) atoms. The molecule has 0 aromatic rings. The van der Waals surface area contributed by atoms with Crippen molar-refractivity contribution in [3.63, 3.8) is 0 Å². The number of rotatable bonds is 7. The molecule has 0 aromatic carbocycles. The first-order chi connectivity index (χ1) is 12.3. The Balaban J connectivity index is 3.21. The fraction of sp³-hybridized carbons (Fsp3) is 0.913. The van der Waals surface area contributed by atoms with Gasteiger partial charge in [0.2, 0.25) is 0 Å². The second-order valence-corrected chi connectivity index (χ2v) is 11.2. The Labute approximate surface area is 166 Å². The van der Waals surface area contributed by atoms with E-state index in [-0.39, 0.29) is 34.6 Å². The third-order valence-electron chi connectivity index (χ3n) is 5.03. The molecule has 0 saturated heterocycles. The van der Waals surface area contributed by atoms with Crippen molar-refractivity contribution in [1.29, 1.82) is 0 Å². The highest BCUT2D eigenvalue weighted by Crippen LogP contribution is 2.45. The van der Waals surface area contributed by atoms with Gasteiger partial charge in [0.15, 0.2) is 5.41 Å². The second-order valence-electron chi connectivity index (χ2n) is 11.2. The van der Waals surface area contributed by atoms with E-state index < -0.39 is 5.41 Å². The topological polar surface area (TPSA) is 52.6 Å². The van der Waals surface area contributed by atoms with Crippen molar-refractivity contribution in [2.45, 2.75) is 93.9 Å². The van der Waals surface area contributed by atoms with E-state index in [0.29, 0.717) is 19.6 Å². The molecule has 1 rings (SSSR count). The van der Waals surface area contributed by atoms with Crippen molar-refractivity contribution in [1.82, 2.24) is 0 Å². The van der Waals surface area contributed by atoms with Crippen molar-refractivity contribution in [3.05, 3.63) is 0 Å². The number of carbonyl (C=O) groups excluding carboxylic acids is 2. The molecule has 4 nitrogen and oxygen atoms in total. The van der Waals surface area contributed by atoms with Crippen LogP contribution in [0.1, 0.15) is 93.9 Å². The van der Waals surface area contributed by atoms with E-state index in [4.69, 9.17) is 9.47 Å². The van der Waals surface area contributed by atoms with Gasteiger partial charge in [0.05, 0.1) is 13.2 Å². The predicted molar refractivity (Wildman–Crippen MR) is 109 cm³/mol. The summed E-state index contributed by atoms with van der Waals surface area (Å²) < 4.78 is 11.5. The van der Waals surface area contributed by atoms with Crippen LogP contribution < -0.4 is 0 Å². The lowest BCUT2D eigenvalue weighted by Crippen LogP contribution is -2.50. The van der Waals surface area contributed by atoms with E-state index in [0.717, 1.165) is 25.7 Å². The second kappa shape index (κ2) is 9.43. The van der Waals surface area contributed by atoms with Crippen LogP contribution in [-0.4, -0.2) is 25.2 Å². The predicted octanol–water partition coefficient (Wildman–Crippen LogP) is 5.78. The van der Waals surface area contributed by atoms with E-state index in [9.17, 15) is 9.59 Å². The van der Waals surface area contributed by atoms with Crippen LogP contribution in [0.15, 0.2) is 0 Å². The molecule has 0 atom stereocenters. The number of carbonyl (C=O) groups is 2. The number of esters is 2. The van der Waals surface area contributed by atoms with E-state index in [1.54, 1.807) is 0 Å². The van der Waals surface area contributed by atoms with Crippen molar-refractivity contribution >= 4 is 11.9 Å². The maximum absolute atomic E-state index is 13.4. The van der Waals surface area contributed by atoms with Gasteiger partial charge in [-0.3, -0.25) is 9.59 Å². The Morgan fingerprint density at radius 1 is 0.815 bits per heavy atom. The molecule has 1 fully saturated rings. The first-order valence-corrected chi connectivity index (χ1v) is 10.6. The third-order valence-corrected chi connectivity index (χ3v) is 5.03. The Bertz CT molecular complexity index is 457. The Kier molecular flexibility index (Phi) is 8.37. The maximum Gasteiger partial charge on any atom is 0.323 e. The van der Waals surface area contributed by atoms with E-state index in [1.165, 1.54) is 6.42 Å². The van der Waals surface area contributed by atoms with Crippen molar-refractivity contribution in [2.24, 2.45) is 28.1 Å². The zero-order valence-electron chi connectivity index (χ0n) is 18.9. The van der Waals surface area contributed by atoms with Crippen LogP contribution in [-0.2, 0) is 19.1 Å². The minimum absolute atomic E-state index is 0.00795. The molecular weight excluding hydrogens is 340 g/mol. The first-order valence-electron chi connectivity index (χ1n) is 10.6. The van der Waals surface area contributed by atoms with Crippen molar-refractivity contribution < 1.29 is 19.1 Å². The number of hydrogen-bond donors (Lipinski definition) is 0. The zero-order valence-corrected chi connectivity index (χ0v) is 18.9. The molecule has 0 radical (unpaired) electrons. The molecule has 158 valence electrons. The summed E-state index contributed by atoms with van der Waals surface area (Å²) in [6.07, 6.45) is 5.56. The van der Waals surface area contributed by atoms with Gasteiger partial charge in [0.1, 0.15) is 0 Å². The van der Waals surface area contributed by atoms with Crippen LogP contribution in [0.5, 0.6) is 0 Å². The average molecular weight is 383 g/mol. The highest BCUT2D eigenvalue weighted by atomic mass is 16.6. The molecule has 1 saturated carbocycles. The average Bonchev–Trinajstić information content (AvgIpc) is 2.54. The van der Waals surface area contributed by atoms with Gasteiger partial charge in [-0.25, -0.2) is 0 Å². The van der Waals surface area contributed by atoms with Gasteiger partial charge in [0.25, 0.3) is 0 Å². The highest BCUT2D eigenvalue weighted by Gasteiger charge is 2.55. The van der Waals surface area contributed by atoms with Crippen LogP contribution in [0, 0.1) is 28.1 Å². The van der Waals surface area contributed by atoms with Gasteiger partial charge < -0.3 is 9.47 Å². The van der Waals surface area contributed by atoms with E-state index >= 15 is 0 Å². The highest BCUT2D eigenvalue weighted by molar-refractivity contribution is 6.00. The maximum atomic E-state index is 13.4. The fourth-order valence-corrected chi connectivity index (χ4v) is 3.81. The van der Waals surface area contributed by atoms with Crippen molar-refractivity contribution in [2.75, 3.05) is 13.2 Å². The van der Waals surface area contributed by atoms with Gasteiger partial charge in [-0.1, -0.05) is 74.7 Å². The Morgan fingerprint density at radius 2 is 1.22 bits per heavy atom. The minimum Gasteiger partial charge on any atom is -0.464 e. The van der Waals surface area contributed by atoms with Crippen LogP contribution in [0.25, 0.3) is 0 Å². The van der Waals surface area contributed by atoms with Crippen LogP contribution in [0.3, 0.4) is 0 Å². The quantitative estimate of drug-likeness (QED) is 0.414. The zero-order chi connectivity index (χ0) is 20.9. The molecular formula is C23H42O4. The van der Waals surface area contributed by atoms with Gasteiger partial charge in [-0.05, 0) is 41.9 Å². The fourth-order valence-electron chi connectivity index (χ4n) is 3.81. The van der Waals surface area contributed by atoms with E-state index in [2.05, 4.69) is 13.8 Å². The van der Waals surface area contributed by atoms with Gasteiger partial charge in [-0.2, -0.15) is 0 Å². The molecule has 0 heterocycles. The number of hydrogen-bond acceptors (Lipinski definition) is 4. The molecule has 1 aliphatic carbocycles. The monoisotopic (exact) mass is 382 g/mol. The summed E-state index contributed by atoms with van der Waals surface area (Å²) in [7, 11) is 0. The first kappa shape index (κ1) is 24.0. The molecule has 0 bridgehead atoms. The summed E-state index contributed by atoms with van der Waals surface area (Å²) in [6.45, 7) is 16.9. The smallest absolute Gasteiger partial charge is 0.323 e. The Morgan fingerprint density at radius 3 is 1.56 bits per heavy atom. The summed E-state index contributed by atoms with van der Waals surface area (Å²) >= 11 is 0. The molecule has 0 amide bonds. The summed E-state index contributed by atoms with van der Waals surface area (Å²) in [6, 6.07) is 0. The third kappa shape index (κ3) is 7.46. The lowest BCUT2D eigenvalue weighted by molar-refractivity contribution is -0.183. The summed E-state index contributed by atoms with van der Waals surface area (Å²) in [5.74, 6) is -0.543. The van der Waals surface area contributed by atoms with Crippen LogP contribution >= 0.6 is 0 Å². The normalized spacial score (nSPS) is 17.1. The molecule has 1 aliphatic rings. The SMILES string of the molecule is CC(C)CC(C(=O)OCC(C)(C)C)(C(=O)OCC(C)(C)C)C1CCCCC1. The van der Waals surface area contributed by atoms with Gasteiger partial charge in [-0.15, -0.1) is 0 Å². The summed E-state index contributed by atoms with van der Waals surface area (Å²) in [5.41, 5.74) is -1.45. The number of ether oxygens (including phenoxy) is 2. The largest absolute Gasteiger partial charge is 0.464 e. The van der Waals surface area contributed by atoms with Gasteiger partial charge >= 0.3 is 11.9 Å². The molecule has 0 N–H and O–H groups in total. The van der Waals surface area contributed by atoms with E-state index in [1.807, 2.05) is 41.5 Å². The van der Waals surface area contributed by atoms with Crippen molar-refractivity contribution in [3.8, 4) is 0 Å². The lowest BCUT2D eigenvalue weighted by atomic mass is 9.65.